The molecule has 0 fully saturated rings. The van der Waals surface area contributed by atoms with E-state index in [9.17, 15) is 0 Å². The lowest BCUT2D eigenvalue weighted by molar-refractivity contribution is 0.126. The van der Waals surface area contributed by atoms with Crippen molar-refractivity contribution in [3.63, 3.8) is 0 Å². The van der Waals surface area contributed by atoms with Crippen molar-refractivity contribution >= 4 is 0 Å². The highest BCUT2D eigenvalue weighted by Gasteiger charge is 2.10. The number of aliphatic hydroxyl groups excluding tert-OH is 1. The van der Waals surface area contributed by atoms with E-state index in [-0.39, 0.29) is 6.61 Å². The molecule has 0 aliphatic heterocycles. The summed E-state index contributed by atoms with van der Waals surface area (Å²) in [5.41, 5.74) is 1.54. The van der Waals surface area contributed by atoms with Gasteiger partial charge < -0.3 is 14.6 Å². The molecule has 0 radical (unpaired) electrons. The number of nitriles is 1. The maximum atomic E-state index is 9.08. The summed E-state index contributed by atoms with van der Waals surface area (Å²) in [5.74, 6) is 0.749. The van der Waals surface area contributed by atoms with Crippen LogP contribution in [0.3, 0.4) is 0 Å². The molecule has 1 N–H and O–H groups in total. The van der Waals surface area contributed by atoms with E-state index in [4.69, 9.17) is 19.8 Å². The molecule has 0 aliphatic carbocycles. The van der Waals surface area contributed by atoms with E-state index in [0.717, 1.165) is 17.9 Å². The van der Waals surface area contributed by atoms with Crippen LogP contribution in [-0.4, -0.2) is 50.5 Å². The highest BCUT2D eigenvalue weighted by molar-refractivity contribution is 5.42. The minimum Gasteiger partial charge on any atom is -0.496 e. The van der Waals surface area contributed by atoms with Gasteiger partial charge in [-0.2, -0.15) is 5.26 Å². The number of rotatable bonds is 8. The Bertz CT molecular complexity index is 429. The van der Waals surface area contributed by atoms with Crippen LogP contribution in [0.1, 0.15) is 11.1 Å². The fourth-order valence-electron chi connectivity index (χ4n) is 1.84. The van der Waals surface area contributed by atoms with Gasteiger partial charge in [0.1, 0.15) is 5.75 Å². The van der Waals surface area contributed by atoms with E-state index in [0.29, 0.717) is 25.3 Å². The monoisotopic (exact) mass is 264 g/mol. The average Bonchev–Trinajstić information content (AvgIpc) is 2.44. The smallest absolute Gasteiger partial charge is 0.123 e. The molecule has 5 nitrogen and oxygen atoms in total. The largest absolute Gasteiger partial charge is 0.496 e. The van der Waals surface area contributed by atoms with E-state index < -0.39 is 0 Å². The zero-order valence-corrected chi connectivity index (χ0v) is 11.4. The minimum atomic E-state index is 0.0873. The van der Waals surface area contributed by atoms with Crippen LogP contribution in [0.5, 0.6) is 5.75 Å². The van der Waals surface area contributed by atoms with E-state index in [1.54, 1.807) is 26.4 Å². The van der Waals surface area contributed by atoms with Crippen LogP contribution in [0.2, 0.25) is 0 Å². The molecule has 0 spiro atoms. The lowest BCUT2D eigenvalue weighted by Gasteiger charge is -2.22. The molecule has 1 aromatic rings. The van der Waals surface area contributed by atoms with Gasteiger partial charge in [0.25, 0.3) is 0 Å². The van der Waals surface area contributed by atoms with Gasteiger partial charge in [-0.05, 0) is 18.2 Å². The average molecular weight is 264 g/mol. The van der Waals surface area contributed by atoms with Gasteiger partial charge in [0.15, 0.2) is 0 Å². The molecule has 0 saturated carbocycles. The van der Waals surface area contributed by atoms with Gasteiger partial charge in [-0.25, -0.2) is 0 Å². The van der Waals surface area contributed by atoms with Crippen LogP contribution in [0.15, 0.2) is 18.2 Å². The Morgan fingerprint density at radius 2 is 2.11 bits per heavy atom. The van der Waals surface area contributed by atoms with Crippen molar-refractivity contribution in [2.45, 2.75) is 6.54 Å². The summed E-state index contributed by atoms with van der Waals surface area (Å²) in [4.78, 5) is 2.06. The number of hydrogen-bond acceptors (Lipinski definition) is 5. The molecule has 5 heteroatoms. The van der Waals surface area contributed by atoms with Gasteiger partial charge >= 0.3 is 0 Å². The Hall–Kier alpha value is -1.61. The quantitative estimate of drug-likeness (QED) is 0.759. The molecular weight excluding hydrogens is 244 g/mol. The number of benzene rings is 1. The van der Waals surface area contributed by atoms with Crippen molar-refractivity contribution in [3.05, 3.63) is 29.3 Å². The van der Waals surface area contributed by atoms with Gasteiger partial charge in [0.2, 0.25) is 0 Å². The SMILES string of the molecule is COCCN(CCO)Cc1cc(C#N)ccc1OC. The van der Waals surface area contributed by atoms with Gasteiger partial charge in [-0.1, -0.05) is 0 Å². The number of nitrogens with zero attached hydrogens (tertiary/aromatic N) is 2. The number of ether oxygens (including phenoxy) is 2. The lowest BCUT2D eigenvalue weighted by atomic mass is 10.1. The third-order valence-electron chi connectivity index (χ3n) is 2.83. The van der Waals surface area contributed by atoms with Crippen LogP contribution in [-0.2, 0) is 11.3 Å². The maximum Gasteiger partial charge on any atom is 0.123 e. The van der Waals surface area contributed by atoms with Crippen molar-refractivity contribution in [1.82, 2.24) is 4.90 Å². The second-order valence-electron chi connectivity index (χ2n) is 4.13. The van der Waals surface area contributed by atoms with Crippen molar-refractivity contribution < 1.29 is 14.6 Å². The maximum absolute atomic E-state index is 9.08. The summed E-state index contributed by atoms with van der Waals surface area (Å²) in [5, 5.41) is 18.0. The van der Waals surface area contributed by atoms with Gasteiger partial charge in [0, 0.05) is 32.3 Å². The zero-order valence-electron chi connectivity index (χ0n) is 11.4. The number of methoxy groups -OCH3 is 2. The van der Waals surface area contributed by atoms with Crippen molar-refractivity contribution in [2.75, 3.05) is 40.5 Å². The van der Waals surface area contributed by atoms with Crippen LogP contribution in [0.4, 0.5) is 0 Å². The zero-order chi connectivity index (χ0) is 14.1. The molecule has 1 rings (SSSR count). The van der Waals surface area contributed by atoms with Gasteiger partial charge in [0.05, 0.1) is 32.0 Å². The molecule has 104 valence electrons. The first-order valence-electron chi connectivity index (χ1n) is 6.14. The minimum absolute atomic E-state index is 0.0873. The Morgan fingerprint density at radius 1 is 1.32 bits per heavy atom. The summed E-state index contributed by atoms with van der Waals surface area (Å²) >= 11 is 0. The van der Waals surface area contributed by atoms with E-state index in [1.165, 1.54) is 0 Å². The predicted molar refractivity (Wildman–Crippen MR) is 71.9 cm³/mol. The summed E-state index contributed by atoms with van der Waals surface area (Å²) in [7, 11) is 3.25. The van der Waals surface area contributed by atoms with Gasteiger partial charge in [-0.15, -0.1) is 0 Å². The Morgan fingerprint density at radius 3 is 2.68 bits per heavy atom. The molecular formula is C14H20N2O3. The molecule has 1 aromatic carbocycles. The fourth-order valence-corrected chi connectivity index (χ4v) is 1.84. The van der Waals surface area contributed by atoms with Crippen molar-refractivity contribution in [3.8, 4) is 11.8 Å². The number of hydrogen-bond donors (Lipinski definition) is 1. The summed E-state index contributed by atoms with van der Waals surface area (Å²) in [6.45, 7) is 2.58. The molecule has 0 atom stereocenters. The molecule has 0 saturated heterocycles. The summed E-state index contributed by atoms with van der Waals surface area (Å²) < 4.78 is 10.3. The second kappa shape index (κ2) is 8.48. The van der Waals surface area contributed by atoms with Crippen LogP contribution < -0.4 is 4.74 Å². The third kappa shape index (κ3) is 4.87. The Kier molecular flexibility index (Phi) is 6.90. The summed E-state index contributed by atoms with van der Waals surface area (Å²) in [6.07, 6.45) is 0. The normalized spacial score (nSPS) is 10.5. The highest BCUT2D eigenvalue weighted by atomic mass is 16.5. The molecule has 0 aromatic heterocycles. The predicted octanol–water partition coefficient (Wildman–Crippen LogP) is 1.01. The Balaban J connectivity index is 2.84. The molecule has 0 heterocycles. The van der Waals surface area contributed by atoms with Gasteiger partial charge in [-0.3, -0.25) is 4.90 Å². The first-order valence-corrected chi connectivity index (χ1v) is 6.14. The van der Waals surface area contributed by atoms with Crippen LogP contribution >= 0.6 is 0 Å². The summed E-state index contributed by atoms with van der Waals surface area (Å²) in [6, 6.07) is 7.46. The van der Waals surface area contributed by atoms with Crippen LogP contribution in [0.25, 0.3) is 0 Å². The standard InChI is InChI=1S/C14H20N2O3/c1-18-8-6-16(5-7-17)11-13-9-12(10-15)3-4-14(13)19-2/h3-4,9,17H,5-8,11H2,1-2H3. The van der Waals surface area contributed by atoms with E-state index in [1.807, 2.05) is 6.07 Å². The molecule has 0 unspecified atom stereocenters. The van der Waals surface area contributed by atoms with Crippen molar-refractivity contribution in [2.24, 2.45) is 0 Å². The molecule has 0 bridgehead atoms. The molecule has 0 amide bonds. The van der Waals surface area contributed by atoms with E-state index in [2.05, 4.69) is 11.0 Å². The fraction of sp³-hybridized carbons (Fsp3) is 0.500. The number of aliphatic hydroxyl groups is 1. The Labute approximate surface area is 114 Å². The molecule has 0 aliphatic rings. The van der Waals surface area contributed by atoms with E-state index >= 15 is 0 Å². The first-order chi connectivity index (χ1) is 9.24. The lowest BCUT2D eigenvalue weighted by Crippen LogP contribution is -2.30. The first kappa shape index (κ1) is 15.4. The second-order valence-corrected chi connectivity index (χ2v) is 4.13. The third-order valence-corrected chi connectivity index (χ3v) is 2.83. The van der Waals surface area contributed by atoms with Crippen molar-refractivity contribution in [1.29, 1.82) is 5.26 Å². The topological polar surface area (TPSA) is 65.7 Å². The molecule has 19 heavy (non-hydrogen) atoms. The highest BCUT2D eigenvalue weighted by Crippen LogP contribution is 2.21. The van der Waals surface area contributed by atoms with Crippen LogP contribution in [0, 0.1) is 11.3 Å².